The van der Waals surface area contributed by atoms with Crippen LogP contribution >= 0.6 is 35.5 Å². The maximum absolute atomic E-state index is 13.0. The minimum atomic E-state index is -0.497. The first-order chi connectivity index (χ1) is 14.6. The standard InChI is InChI=1S/C19H33ClN6O2S2/c20-13-8-6-11(7-9-13)10-21-17(27)15-19(30-26-24-15)22-18(28)16-14(23-25-29-16)12-4-2-1-3-5-12/h11-16,19,23-26H,1-10H2,(H,21,27)(H,22,28). The highest BCUT2D eigenvalue weighted by atomic mass is 35.5. The molecule has 2 saturated carbocycles. The van der Waals surface area contributed by atoms with Gasteiger partial charge in [0, 0.05) is 18.0 Å². The zero-order chi connectivity index (χ0) is 20.9. The summed E-state index contributed by atoms with van der Waals surface area (Å²) in [6.07, 6.45) is 10.3. The fraction of sp³-hybridized carbons (Fsp3) is 0.895. The molecule has 0 spiro atoms. The molecule has 2 aliphatic heterocycles. The number of hydrogen-bond acceptors (Lipinski definition) is 8. The molecule has 4 unspecified atom stereocenters. The summed E-state index contributed by atoms with van der Waals surface area (Å²) in [6.45, 7) is 0.669. The number of alkyl halides is 1. The Kier molecular flexibility index (Phi) is 8.47. The second-order valence-corrected chi connectivity index (χ2v) is 11.4. The van der Waals surface area contributed by atoms with E-state index < -0.39 is 6.04 Å². The summed E-state index contributed by atoms with van der Waals surface area (Å²) in [5, 5.41) is 5.89. The van der Waals surface area contributed by atoms with E-state index in [0.29, 0.717) is 18.4 Å². The molecule has 4 fully saturated rings. The fourth-order valence-electron chi connectivity index (χ4n) is 4.91. The van der Waals surface area contributed by atoms with Gasteiger partial charge in [0.25, 0.3) is 0 Å². The van der Waals surface area contributed by atoms with Crippen LogP contribution in [0.3, 0.4) is 0 Å². The van der Waals surface area contributed by atoms with Gasteiger partial charge in [-0.05, 0) is 62.3 Å². The van der Waals surface area contributed by atoms with Gasteiger partial charge in [-0.15, -0.1) is 11.6 Å². The Labute approximate surface area is 192 Å². The van der Waals surface area contributed by atoms with Gasteiger partial charge < -0.3 is 10.6 Å². The molecule has 0 aromatic carbocycles. The summed E-state index contributed by atoms with van der Waals surface area (Å²) in [4.78, 5) is 31.8. The zero-order valence-corrected chi connectivity index (χ0v) is 19.5. The largest absolute Gasteiger partial charge is 0.354 e. The van der Waals surface area contributed by atoms with Crippen molar-refractivity contribution in [3.05, 3.63) is 0 Å². The summed E-state index contributed by atoms with van der Waals surface area (Å²) in [6, 6.07) is -0.365. The smallest absolute Gasteiger partial charge is 0.241 e. The highest BCUT2D eigenvalue weighted by molar-refractivity contribution is 7.99. The summed E-state index contributed by atoms with van der Waals surface area (Å²) in [5.74, 6) is 0.910. The van der Waals surface area contributed by atoms with Crippen LogP contribution in [0.5, 0.6) is 0 Å². The first-order valence-corrected chi connectivity index (χ1v) is 13.4. The molecule has 11 heteroatoms. The number of rotatable bonds is 6. The molecule has 2 amide bonds. The Bertz CT molecular complexity index is 604. The van der Waals surface area contributed by atoms with Gasteiger partial charge in [0.05, 0.1) is 0 Å². The van der Waals surface area contributed by atoms with Crippen molar-refractivity contribution in [2.45, 2.75) is 85.9 Å². The van der Waals surface area contributed by atoms with Crippen molar-refractivity contribution < 1.29 is 9.59 Å². The molecule has 170 valence electrons. The van der Waals surface area contributed by atoms with Crippen molar-refractivity contribution in [2.75, 3.05) is 6.54 Å². The van der Waals surface area contributed by atoms with Crippen LogP contribution in [-0.2, 0) is 9.59 Å². The van der Waals surface area contributed by atoms with E-state index >= 15 is 0 Å². The van der Waals surface area contributed by atoms with Gasteiger partial charge in [0.1, 0.15) is 16.7 Å². The molecule has 4 aliphatic rings. The molecule has 2 saturated heterocycles. The van der Waals surface area contributed by atoms with Crippen molar-refractivity contribution in [3.8, 4) is 0 Å². The minimum absolute atomic E-state index is 0.0192. The van der Waals surface area contributed by atoms with E-state index in [1.807, 2.05) is 0 Å². The summed E-state index contributed by atoms with van der Waals surface area (Å²) < 4.78 is 0. The van der Waals surface area contributed by atoms with Crippen LogP contribution in [0.1, 0.15) is 57.8 Å². The quantitative estimate of drug-likeness (QED) is 0.253. The number of amides is 2. The van der Waals surface area contributed by atoms with Crippen LogP contribution in [0.4, 0.5) is 0 Å². The molecule has 8 nitrogen and oxygen atoms in total. The average molecular weight is 477 g/mol. The number of nitrogens with one attached hydrogen (secondary N) is 6. The number of halogens is 1. The van der Waals surface area contributed by atoms with Crippen LogP contribution < -0.4 is 31.1 Å². The SMILES string of the molecule is O=C(NCC1CCC(Cl)CC1)C1NNSC1NC(=O)C1SNNC1C1CCCCC1. The molecular weight excluding hydrogens is 444 g/mol. The second kappa shape index (κ2) is 11.1. The Morgan fingerprint density at radius 2 is 1.63 bits per heavy atom. The summed E-state index contributed by atoms with van der Waals surface area (Å²) >= 11 is 8.95. The first-order valence-electron chi connectivity index (χ1n) is 11.2. The van der Waals surface area contributed by atoms with E-state index in [1.165, 1.54) is 56.0 Å². The topological polar surface area (TPSA) is 106 Å². The Hall–Kier alpha value is -0.230. The lowest BCUT2D eigenvalue weighted by molar-refractivity contribution is -0.124. The molecule has 0 aromatic rings. The van der Waals surface area contributed by atoms with Gasteiger partial charge in [-0.2, -0.15) is 4.83 Å². The van der Waals surface area contributed by atoms with E-state index in [9.17, 15) is 9.59 Å². The normalized spacial score (nSPS) is 37.8. The van der Waals surface area contributed by atoms with Crippen molar-refractivity contribution >= 4 is 47.3 Å². The maximum atomic E-state index is 13.0. The minimum Gasteiger partial charge on any atom is -0.354 e. The molecule has 0 bridgehead atoms. The van der Waals surface area contributed by atoms with E-state index in [0.717, 1.165) is 25.7 Å². The monoisotopic (exact) mass is 476 g/mol. The van der Waals surface area contributed by atoms with Crippen LogP contribution in [-0.4, -0.2) is 46.4 Å². The third-order valence-electron chi connectivity index (χ3n) is 6.77. The zero-order valence-electron chi connectivity index (χ0n) is 17.1. The van der Waals surface area contributed by atoms with Crippen LogP contribution in [0, 0.1) is 11.8 Å². The van der Waals surface area contributed by atoms with E-state index in [1.54, 1.807) is 0 Å². The van der Waals surface area contributed by atoms with Crippen molar-refractivity contribution in [2.24, 2.45) is 11.8 Å². The predicted octanol–water partition coefficient (Wildman–Crippen LogP) is 1.54. The van der Waals surface area contributed by atoms with Gasteiger partial charge in [-0.25, -0.2) is 15.7 Å². The highest BCUT2D eigenvalue weighted by Crippen LogP contribution is 2.33. The molecule has 4 atom stereocenters. The fourth-order valence-corrected chi connectivity index (χ4v) is 6.93. The number of carbonyl (C=O) groups is 2. The number of hydrogen-bond donors (Lipinski definition) is 6. The lowest BCUT2D eigenvalue weighted by Crippen LogP contribution is -2.55. The van der Waals surface area contributed by atoms with Crippen molar-refractivity contribution in [1.29, 1.82) is 0 Å². The Morgan fingerprint density at radius 1 is 0.900 bits per heavy atom. The van der Waals surface area contributed by atoms with Gasteiger partial charge >= 0.3 is 0 Å². The number of hydrazine groups is 2. The van der Waals surface area contributed by atoms with E-state index in [-0.39, 0.29) is 33.9 Å². The molecule has 4 rings (SSSR count). The third kappa shape index (κ3) is 5.76. The van der Waals surface area contributed by atoms with Gasteiger partial charge in [0.2, 0.25) is 11.8 Å². The molecule has 2 heterocycles. The molecule has 2 aliphatic carbocycles. The number of carbonyl (C=O) groups excluding carboxylic acids is 2. The van der Waals surface area contributed by atoms with E-state index in [2.05, 4.69) is 31.1 Å². The van der Waals surface area contributed by atoms with E-state index in [4.69, 9.17) is 11.6 Å². The molecule has 30 heavy (non-hydrogen) atoms. The van der Waals surface area contributed by atoms with Crippen LogP contribution in [0.25, 0.3) is 0 Å². The molecular formula is C19H33ClN6O2S2. The molecule has 0 aromatic heterocycles. The van der Waals surface area contributed by atoms with Gasteiger partial charge in [-0.1, -0.05) is 31.2 Å². The van der Waals surface area contributed by atoms with Crippen molar-refractivity contribution in [3.63, 3.8) is 0 Å². The maximum Gasteiger partial charge on any atom is 0.241 e. The Balaban J connectivity index is 1.26. The second-order valence-electron chi connectivity index (χ2n) is 8.84. The highest BCUT2D eigenvalue weighted by Gasteiger charge is 2.42. The lowest BCUT2D eigenvalue weighted by atomic mass is 9.82. The first kappa shape index (κ1) is 22.9. The van der Waals surface area contributed by atoms with Gasteiger partial charge in [0.15, 0.2) is 0 Å². The average Bonchev–Trinajstić information content (AvgIpc) is 3.43. The predicted molar refractivity (Wildman–Crippen MR) is 122 cm³/mol. The third-order valence-corrected chi connectivity index (χ3v) is 9.08. The van der Waals surface area contributed by atoms with Gasteiger partial charge in [-0.3, -0.25) is 9.59 Å². The van der Waals surface area contributed by atoms with Crippen LogP contribution in [0.2, 0.25) is 0 Å². The Morgan fingerprint density at radius 3 is 2.40 bits per heavy atom. The van der Waals surface area contributed by atoms with Crippen LogP contribution in [0.15, 0.2) is 0 Å². The van der Waals surface area contributed by atoms with Crippen molar-refractivity contribution in [1.82, 2.24) is 31.1 Å². The summed E-state index contributed by atoms with van der Waals surface area (Å²) in [5.41, 5.74) is 6.30. The summed E-state index contributed by atoms with van der Waals surface area (Å²) in [7, 11) is 0. The lowest BCUT2D eigenvalue weighted by Gasteiger charge is -2.30. The molecule has 6 N–H and O–H groups in total. The molecule has 0 radical (unpaired) electrons.